The molecule has 4 heteroatoms. The molecule has 15 heavy (non-hydrogen) atoms. The van der Waals surface area contributed by atoms with E-state index >= 15 is 0 Å². The lowest BCUT2D eigenvalue weighted by Gasteiger charge is -2.09. The molecule has 0 aromatic heterocycles. The largest absolute Gasteiger partial charge is 0.480 e. The molecule has 1 N–H and O–H groups in total. The maximum Gasteiger partial charge on any atom is 0.319 e. The fourth-order valence-electron chi connectivity index (χ4n) is 1.31. The highest BCUT2D eigenvalue weighted by molar-refractivity contribution is 7.85. The van der Waals surface area contributed by atoms with Gasteiger partial charge in [0.2, 0.25) is 0 Å². The van der Waals surface area contributed by atoms with E-state index in [4.69, 9.17) is 5.11 Å². The minimum atomic E-state index is -1.34. The predicted molar refractivity (Wildman–Crippen MR) is 60.0 cm³/mol. The predicted octanol–water partition coefficient (Wildman–Crippen LogP) is 1.80. The maximum absolute atomic E-state index is 11.7. The zero-order valence-corrected chi connectivity index (χ0v) is 9.37. The van der Waals surface area contributed by atoms with Gasteiger partial charge in [0, 0.05) is 16.6 Å². The number of carboxylic acids is 1. The Morgan fingerprint density at radius 1 is 1.40 bits per heavy atom. The SMILES string of the molecule is CCC(C(=O)O)S(=O)Cc1ccccc1. The molecule has 3 nitrogen and oxygen atoms in total. The standard InChI is InChI=1S/C11H14O3S/c1-2-10(11(12)13)15(14)8-9-6-4-3-5-7-9/h3-7,10H,2,8H2,1H3,(H,12,13). The van der Waals surface area contributed by atoms with Crippen LogP contribution in [-0.4, -0.2) is 20.5 Å². The Labute approximate surface area is 91.6 Å². The molecule has 0 saturated carbocycles. The quantitative estimate of drug-likeness (QED) is 0.833. The van der Waals surface area contributed by atoms with Gasteiger partial charge in [-0.1, -0.05) is 37.3 Å². The first-order valence-electron chi connectivity index (χ1n) is 4.79. The minimum absolute atomic E-state index is 0.311. The Balaban J connectivity index is 2.66. The zero-order chi connectivity index (χ0) is 11.3. The van der Waals surface area contributed by atoms with E-state index < -0.39 is 22.0 Å². The molecule has 0 radical (unpaired) electrons. The molecule has 1 rings (SSSR count). The van der Waals surface area contributed by atoms with E-state index in [1.54, 1.807) is 6.92 Å². The summed E-state index contributed by atoms with van der Waals surface area (Å²) in [5, 5.41) is 8.07. The summed E-state index contributed by atoms with van der Waals surface area (Å²) >= 11 is 0. The highest BCUT2D eigenvalue weighted by Crippen LogP contribution is 2.09. The zero-order valence-electron chi connectivity index (χ0n) is 8.55. The number of aliphatic carboxylic acids is 1. The average Bonchev–Trinajstić information content (AvgIpc) is 2.19. The van der Waals surface area contributed by atoms with Crippen molar-refractivity contribution >= 4 is 16.8 Å². The molecule has 0 bridgehead atoms. The normalized spacial score (nSPS) is 14.5. The fraction of sp³-hybridized carbons (Fsp3) is 0.364. The maximum atomic E-state index is 11.7. The van der Waals surface area contributed by atoms with Crippen molar-refractivity contribution in [2.24, 2.45) is 0 Å². The van der Waals surface area contributed by atoms with Crippen molar-refractivity contribution in [2.75, 3.05) is 0 Å². The molecule has 0 aliphatic rings. The van der Waals surface area contributed by atoms with Crippen molar-refractivity contribution in [2.45, 2.75) is 24.3 Å². The van der Waals surface area contributed by atoms with Crippen LogP contribution in [0.15, 0.2) is 30.3 Å². The Hall–Kier alpha value is -1.16. The van der Waals surface area contributed by atoms with Gasteiger partial charge >= 0.3 is 5.97 Å². The summed E-state index contributed by atoms with van der Waals surface area (Å²) in [6.07, 6.45) is 0.398. The van der Waals surface area contributed by atoms with Crippen LogP contribution in [0.1, 0.15) is 18.9 Å². The summed E-state index contributed by atoms with van der Waals surface area (Å²) in [4.78, 5) is 10.8. The highest BCUT2D eigenvalue weighted by atomic mass is 32.2. The average molecular weight is 226 g/mol. The summed E-state index contributed by atoms with van der Waals surface area (Å²) in [7, 11) is -1.34. The Kier molecular flexibility index (Phi) is 4.49. The van der Waals surface area contributed by atoms with Gasteiger partial charge in [-0.3, -0.25) is 9.00 Å². The third-order valence-corrected chi connectivity index (χ3v) is 3.90. The van der Waals surface area contributed by atoms with E-state index in [1.165, 1.54) is 0 Å². The van der Waals surface area contributed by atoms with Crippen LogP contribution in [-0.2, 0) is 21.3 Å². The monoisotopic (exact) mass is 226 g/mol. The minimum Gasteiger partial charge on any atom is -0.480 e. The third kappa shape index (κ3) is 3.47. The molecule has 2 atom stereocenters. The molecule has 2 unspecified atom stereocenters. The molecule has 0 heterocycles. The van der Waals surface area contributed by atoms with Crippen LogP contribution in [0.4, 0.5) is 0 Å². The number of hydrogen-bond acceptors (Lipinski definition) is 2. The van der Waals surface area contributed by atoms with Crippen LogP contribution in [0.3, 0.4) is 0 Å². The molecular weight excluding hydrogens is 212 g/mol. The molecule has 0 amide bonds. The fourth-order valence-corrected chi connectivity index (χ4v) is 2.63. The van der Waals surface area contributed by atoms with Crippen molar-refractivity contribution in [1.29, 1.82) is 0 Å². The number of carboxylic acid groups (broad SMARTS) is 1. The Bertz CT molecular complexity index is 348. The summed E-state index contributed by atoms with van der Waals surface area (Å²) < 4.78 is 11.7. The summed E-state index contributed by atoms with van der Waals surface area (Å²) in [5.74, 6) is -0.669. The van der Waals surface area contributed by atoms with Crippen molar-refractivity contribution in [1.82, 2.24) is 0 Å². The molecular formula is C11H14O3S. The van der Waals surface area contributed by atoms with E-state index in [9.17, 15) is 9.00 Å². The van der Waals surface area contributed by atoms with E-state index in [0.29, 0.717) is 12.2 Å². The second-order valence-corrected chi connectivity index (χ2v) is 4.87. The molecule has 0 aliphatic heterocycles. The van der Waals surface area contributed by atoms with Gasteiger partial charge < -0.3 is 5.11 Å². The van der Waals surface area contributed by atoms with Gasteiger partial charge in [-0.05, 0) is 12.0 Å². The molecule has 82 valence electrons. The first-order chi connectivity index (χ1) is 7.15. The third-order valence-electron chi connectivity index (χ3n) is 2.12. The van der Waals surface area contributed by atoms with E-state index in [-0.39, 0.29) is 0 Å². The van der Waals surface area contributed by atoms with Gasteiger partial charge in [0.25, 0.3) is 0 Å². The van der Waals surface area contributed by atoms with Crippen molar-refractivity contribution in [3.05, 3.63) is 35.9 Å². The second-order valence-electron chi connectivity index (χ2n) is 3.25. The Morgan fingerprint density at radius 3 is 2.47 bits per heavy atom. The van der Waals surface area contributed by atoms with Gasteiger partial charge in [-0.2, -0.15) is 0 Å². The van der Waals surface area contributed by atoms with Crippen molar-refractivity contribution < 1.29 is 14.1 Å². The number of carbonyl (C=O) groups is 1. The van der Waals surface area contributed by atoms with Gasteiger partial charge in [0.05, 0.1) is 0 Å². The van der Waals surface area contributed by atoms with E-state index in [1.807, 2.05) is 30.3 Å². The van der Waals surface area contributed by atoms with Crippen molar-refractivity contribution in [3.8, 4) is 0 Å². The lowest BCUT2D eigenvalue weighted by molar-refractivity contribution is -0.136. The lowest BCUT2D eigenvalue weighted by atomic mass is 10.2. The molecule has 0 fully saturated rings. The van der Waals surface area contributed by atoms with Gasteiger partial charge in [-0.15, -0.1) is 0 Å². The number of rotatable bonds is 5. The lowest BCUT2D eigenvalue weighted by Crippen LogP contribution is -2.25. The first kappa shape index (κ1) is 11.9. The summed E-state index contributed by atoms with van der Waals surface area (Å²) in [6.45, 7) is 1.74. The van der Waals surface area contributed by atoms with Gasteiger partial charge in [-0.25, -0.2) is 0 Å². The van der Waals surface area contributed by atoms with Crippen LogP contribution in [0.5, 0.6) is 0 Å². The van der Waals surface area contributed by atoms with Gasteiger partial charge in [0.1, 0.15) is 5.25 Å². The van der Waals surface area contributed by atoms with Crippen LogP contribution in [0.25, 0.3) is 0 Å². The number of benzene rings is 1. The Morgan fingerprint density at radius 2 is 2.00 bits per heavy atom. The first-order valence-corrected chi connectivity index (χ1v) is 6.17. The molecule has 0 saturated heterocycles. The van der Waals surface area contributed by atoms with Crippen LogP contribution < -0.4 is 0 Å². The van der Waals surface area contributed by atoms with E-state index in [0.717, 1.165) is 5.56 Å². The van der Waals surface area contributed by atoms with E-state index in [2.05, 4.69) is 0 Å². The summed E-state index contributed by atoms with van der Waals surface area (Å²) in [6, 6.07) is 9.29. The molecule has 0 aliphatic carbocycles. The van der Waals surface area contributed by atoms with Crippen LogP contribution in [0, 0.1) is 0 Å². The molecule has 1 aromatic rings. The van der Waals surface area contributed by atoms with Gasteiger partial charge in [0.15, 0.2) is 0 Å². The second kappa shape index (κ2) is 5.66. The highest BCUT2D eigenvalue weighted by Gasteiger charge is 2.22. The number of hydrogen-bond donors (Lipinski definition) is 1. The smallest absolute Gasteiger partial charge is 0.319 e. The van der Waals surface area contributed by atoms with Crippen molar-refractivity contribution in [3.63, 3.8) is 0 Å². The van der Waals surface area contributed by atoms with Crippen LogP contribution >= 0.6 is 0 Å². The molecule has 1 aromatic carbocycles. The topological polar surface area (TPSA) is 54.4 Å². The van der Waals surface area contributed by atoms with Crippen LogP contribution in [0.2, 0.25) is 0 Å². The molecule has 0 spiro atoms. The summed E-state index contributed by atoms with van der Waals surface area (Å²) in [5.41, 5.74) is 0.913.